The standard InChI is InChI=1S/C17H13N3O3/c1-12-4-2-6-14(10-12)19-17(21)9-8-16(18-19)13-5-3-7-15(11-13)20(22)23/h2-11H,1H3. The van der Waals surface area contributed by atoms with E-state index in [1.54, 1.807) is 24.3 Å². The molecule has 0 N–H and O–H groups in total. The highest BCUT2D eigenvalue weighted by Crippen LogP contribution is 2.21. The molecule has 1 heterocycles. The number of rotatable bonds is 3. The maximum Gasteiger partial charge on any atom is 0.271 e. The highest BCUT2D eigenvalue weighted by atomic mass is 16.6. The zero-order chi connectivity index (χ0) is 16.4. The number of hydrogen-bond donors (Lipinski definition) is 0. The predicted octanol–water partition coefficient (Wildman–Crippen LogP) is 3.12. The molecule has 2 aromatic carbocycles. The lowest BCUT2D eigenvalue weighted by molar-refractivity contribution is -0.384. The third kappa shape index (κ3) is 3.01. The first-order chi connectivity index (χ1) is 11.0. The molecule has 0 atom stereocenters. The molecule has 0 bridgehead atoms. The van der Waals surface area contributed by atoms with E-state index < -0.39 is 4.92 Å². The molecule has 114 valence electrons. The maximum absolute atomic E-state index is 12.1. The number of hydrogen-bond acceptors (Lipinski definition) is 4. The number of aromatic nitrogens is 2. The largest absolute Gasteiger partial charge is 0.271 e. The molecule has 6 nitrogen and oxygen atoms in total. The van der Waals surface area contributed by atoms with Gasteiger partial charge in [-0.15, -0.1) is 0 Å². The first kappa shape index (κ1) is 14.6. The summed E-state index contributed by atoms with van der Waals surface area (Å²) in [5.41, 5.74) is 2.47. The molecule has 0 amide bonds. The number of nitro groups is 1. The average Bonchev–Trinajstić information content (AvgIpc) is 2.55. The van der Waals surface area contributed by atoms with Crippen LogP contribution in [0, 0.1) is 17.0 Å². The lowest BCUT2D eigenvalue weighted by Crippen LogP contribution is -2.20. The second-order valence-corrected chi connectivity index (χ2v) is 5.12. The smallest absolute Gasteiger partial charge is 0.267 e. The van der Waals surface area contributed by atoms with Gasteiger partial charge < -0.3 is 0 Å². The second-order valence-electron chi connectivity index (χ2n) is 5.12. The van der Waals surface area contributed by atoms with Crippen LogP contribution in [0.25, 0.3) is 16.9 Å². The van der Waals surface area contributed by atoms with E-state index in [1.165, 1.54) is 22.9 Å². The van der Waals surface area contributed by atoms with Crippen molar-refractivity contribution in [3.05, 3.63) is 86.7 Å². The summed E-state index contributed by atoms with van der Waals surface area (Å²) in [7, 11) is 0. The summed E-state index contributed by atoms with van der Waals surface area (Å²) >= 11 is 0. The highest BCUT2D eigenvalue weighted by Gasteiger charge is 2.10. The van der Waals surface area contributed by atoms with Gasteiger partial charge in [-0.25, -0.2) is 0 Å². The monoisotopic (exact) mass is 307 g/mol. The van der Waals surface area contributed by atoms with Crippen LogP contribution in [0.3, 0.4) is 0 Å². The quantitative estimate of drug-likeness (QED) is 0.550. The third-order valence-electron chi connectivity index (χ3n) is 3.40. The van der Waals surface area contributed by atoms with Crippen molar-refractivity contribution in [2.24, 2.45) is 0 Å². The van der Waals surface area contributed by atoms with E-state index in [2.05, 4.69) is 5.10 Å². The van der Waals surface area contributed by atoms with E-state index in [9.17, 15) is 14.9 Å². The summed E-state index contributed by atoms with van der Waals surface area (Å²) in [6, 6.07) is 16.6. The maximum atomic E-state index is 12.1. The minimum atomic E-state index is -0.458. The van der Waals surface area contributed by atoms with Crippen molar-refractivity contribution >= 4 is 5.69 Å². The molecule has 1 aromatic heterocycles. The lowest BCUT2D eigenvalue weighted by Gasteiger charge is -2.08. The molecule has 0 aliphatic carbocycles. The van der Waals surface area contributed by atoms with Gasteiger partial charge in [0.15, 0.2) is 0 Å². The number of non-ortho nitro benzene ring substituents is 1. The van der Waals surface area contributed by atoms with Gasteiger partial charge in [-0.3, -0.25) is 14.9 Å². The Kier molecular flexibility index (Phi) is 3.72. The molecule has 0 radical (unpaired) electrons. The molecule has 3 rings (SSSR count). The minimum Gasteiger partial charge on any atom is -0.267 e. The molecule has 0 saturated heterocycles. The van der Waals surface area contributed by atoms with Gasteiger partial charge in [0.05, 0.1) is 16.3 Å². The Labute approximate surface area is 131 Å². The van der Waals surface area contributed by atoms with Crippen LogP contribution in [0.15, 0.2) is 65.5 Å². The summed E-state index contributed by atoms with van der Waals surface area (Å²) in [5, 5.41) is 15.2. The molecule has 0 saturated carbocycles. The van der Waals surface area contributed by atoms with Crippen LogP contribution < -0.4 is 5.56 Å². The number of benzene rings is 2. The Morgan fingerprint density at radius 3 is 2.57 bits per heavy atom. The summed E-state index contributed by atoms with van der Waals surface area (Å²) in [6.45, 7) is 1.93. The SMILES string of the molecule is Cc1cccc(-n2nc(-c3cccc([N+](=O)[O-])c3)ccc2=O)c1. The molecule has 0 aliphatic rings. The van der Waals surface area contributed by atoms with E-state index in [0.29, 0.717) is 16.9 Å². The number of nitro benzene ring substituents is 1. The highest BCUT2D eigenvalue weighted by molar-refractivity contribution is 5.62. The van der Waals surface area contributed by atoms with Gasteiger partial charge in [0.25, 0.3) is 11.2 Å². The van der Waals surface area contributed by atoms with Crippen molar-refractivity contribution in [3.63, 3.8) is 0 Å². The van der Waals surface area contributed by atoms with E-state index in [4.69, 9.17) is 0 Å². The number of aryl methyl sites for hydroxylation is 1. The Hall–Kier alpha value is -3.28. The Bertz CT molecular complexity index is 948. The van der Waals surface area contributed by atoms with Crippen LogP contribution in [-0.2, 0) is 0 Å². The van der Waals surface area contributed by atoms with Crippen molar-refractivity contribution in [2.45, 2.75) is 6.92 Å². The van der Waals surface area contributed by atoms with Crippen molar-refractivity contribution in [1.29, 1.82) is 0 Å². The van der Waals surface area contributed by atoms with Crippen molar-refractivity contribution in [2.75, 3.05) is 0 Å². The molecule has 3 aromatic rings. The van der Waals surface area contributed by atoms with Crippen LogP contribution in [0.2, 0.25) is 0 Å². The Balaban J connectivity index is 2.13. The molecule has 6 heteroatoms. The van der Waals surface area contributed by atoms with Gasteiger partial charge in [-0.2, -0.15) is 9.78 Å². The molecule has 0 fully saturated rings. The molecule has 0 aliphatic heterocycles. The minimum absolute atomic E-state index is 0.0161. The predicted molar refractivity (Wildman–Crippen MR) is 86.7 cm³/mol. The molecule has 0 unspecified atom stereocenters. The van der Waals surface area contributed by atoms with E-state index >= 15 is 0 Å². The van der Waals surface area contributed by atoms with Crippen LogP contribution in [0.5, 0.6) is 0 Å². The van der Waals surface area contributed by atoms with Crippen molar-refractivity contribution in [1.82, 2.24) is 9.78 Å². The fraction of sp³-hybridized carbons (Fsp3) is 0.0588. The fourth-order valence-electron chi connectivity index (χ4n) is 2.29. The summed E-state index contributed by atoms with van der Waals surface area (Å²) in [6.07, 6.45) is 0. The summed E-state index contributed by atoms with van der Waals surface area (Å²) < 4.78 is 1.29. The van der Waals surface area contributed by atoms with Crippen LogP contribution in [0.1, 0.15) is 5.56 Å². The van der Waals surface area contributed by atoms with Crippen LogP contribution >= 0.6 is 0 Å². The molecule has 0 spiro atoms. The topological polar surface area (TPSA) is 78.0 Å². The first-order valence-corrected chi connectivity index (χ1v) is 6.97. The normalized spacial score (nSPS) is 10.5. The summed E-state index contributed by atoms with van der Waals surface area (Å²) in [5.74, 6) is 0. The fourth-order valence-corrected chi connectivity index (χ4v) is 2.29. The average molecular weight is 307 g/mol. The second kappa shape index (κ2) is 5.84. The van der Waals surface area contributed by atoms with Gasteiger partial charge in [0, 0.05) is 23.8 Å². The third-order valence-corrected chi connectivity index (χ3v) is 3.40. The van der Waals surface area contributed by atoms with E-state index in [1.807, 2.05) is 25.1 Å². The van der Waals surface area contributed by atoms with E-state index in [0.717, 1.165) is 5.56 Å². The zero-order valence-electron chi connectivity index (χ0n) is 12.3. The van der Waals surface area contributed by atoms with Gasteiger partial charge >= 0.3 is 0 Å². The van der Waals surface area contributed by atoms with E-state index in [-0.39, 0.29) is 11.2 Å². The van der Waals surface area contributed by atoms with Gasteiger partial charge in [-0.05, 0) is 30.7 Å². The molecular formula is C17H13N3O3. The zero-order valence-corrected chi connectivity index (χ0v) is 12.3. The van der Waals surface area contributed by atoms with Crippen LogP contribution in [-0.4, -0.2) is 14.7 Å². The van der Waals surface area contributed by atoms with Gasteiger partial charge in [0.1, 0.15) is 0 Å². The van der Waals surface area contributed by atoms with Gasteiger partial charge in [0.2, 0.25) is 0 Å². The first-order valence-electron chi connectivity index (χ1n) is 6.97. The number of nitrogens with zero attached hydrogens (tertiary/aromatic N) is 3. The van der Waals surface area contributed by atoms with Crippen molar-refractivity contribution < 1.29 is 4.92 Å². The van der Waals surface area contributed by atoms with Crippen LogP contribution in [0.4, 0.5) is 5.69 Å². The Morgan fingerprint density at radius 1 is 1.04 bits per heavy atom. The lowest BCUT2D eigenvalue weighted by atomic mass is 10.1. The Morgan fingerprint density at radius 2 is 1.83 bits per heavy atom. The molecule has 23 heavy (non-hydrogen) atoms. The molecular weight excluding hydrogens is 294 g/mol. The van der Waals surface area contributed by atoms with Crippen molar-refractivity contribution in [3.8, 4) is 16.9 Å². The van der Waals surface area contributed by atoms with Gasteiger partial charge in [-0.1, -0.05) is 24.3 Å². The summed E-state index contributed by atoms with van der Waals surface area (Å²) in [4.78, 5) is 22.5.